The summed E-state index contributed by atoms with van der Waals surface area (Å²) in [5.41, 5.74) is 13.7. The second-order valence-electron chi connectivity index (χ2n) is 8.09. The van der Waals surface area contributed by atoms with Crippen LogP contribution < -0.4 is 21.7 Å². The Bertz CT molecular complexity index is 1170. The lowest BCUT2D eigenvalue weighted by atomic mass is 10.1. The summed E-state index contributed by atoms with van der Waals surface area (Å²) < 4.78 is 39.1. The molecule has 0 saturated carbocycles. The van der Waals surface area contributed by atoms with Crippen molar-refractivity contribution in [1.82, 2.24) is 19.9 Å². The van der Waals surface area contributed by atoms with Crippen LogP contribution in [0.5, 0.6) is 0 Å². The van der Waals surface area contributed by atoms with Crippen molar-refractivity contribution < 1.29 is 13.2 Å². The minimum absolute atomic E-state index is 0.00564. The highest BCUT2D eigenvalue weighted by atomic mass is 19.4. The number of nitrogens with zero attached hydrogens (tertiary/aromatic N) is 5. The fourth-order valence-electron chi connectivity index (χ4n) is 3.85. The molecule has 1 aliphatic rings. The molecule has 4 heterocycles. The van der Waals surface area contributed by atoms with Gasteiger partial charge in [-0.3, -0.25) is 4.98 Å². The number of hydrogen-bond acceptors (Lipinski definition) is 8. The summed E-state index contributed by atoms with van der Waals surface area (Å²) in [6.45, 7) is 5.62. The van der Waals surface area contributed by atoms with E-state index in [2.05, 4.69) is 36.7 Å². The van der Waals surface area contributed by atoms with E-state index in [1.807, 2.05) is 12.1 Å². The third-order valence-electron chi connectivity index (χ3n) is 5.55. The summed E-state index contributed by atoms with van der Waals surface area (Å²) in [7, 11) is 0. The van der Waals surface area contributed by atoms with Crippen molar-refractivity contribution in [2.24, 2.45) is 5.73 Å². The largest absolute Gasteiger partial charge is 0.393 e. The van der Waals surface area contributed by atoms with E-state index in [1.54, 1.807) is 6.20 Å². The molecule has 0 atom stereocenters. The molecule has 5 N–H and O–H groups in total. The average molecular weight is 471 g/mol. The molecule has 11 heteroatoms. The zero-order chi connectivity index (χ0) is 24.3. The van der Waals surface area contributed by atoms with Gasteiger partial charge in [0, 0.05) is 31.5 Å². The van der Waals surface area contributed by atoms with Gasteiger partial charge in [-0.15, -0.1) is 0 Å². The number of hydrogen-bond donors (Lipinski definition) is 3. The van der Waals surface area contributed by atoms with Crippen LogP contribution >= 0.6 is 0 Å². The van der Waals surface area contributed by atoms with Crippen LogP contribution in [0.15, 0.2) is 49.4 Å². The van der Waals surface area contributed by atoms with E-state index in [0.29, 0.717) is 11.5 Å². The monoisotopic (exact) mass is 470 g/mol. The van der Waals surface area contributed by atoms with Gasteiger partial charge in [0.15, 0.2) is 11.6 Å². The standard InChI is InChI=1S/C23H25F3N8/c1-14(32-22-18(5-3-9-30-22)34-10-6-16(27)7-11-34)19-21(28)31-13-17(33-19)20-15(4-2-8-29-20)12-23(24,25)26/h2-5,8-9,13,16H,1,6-7,10-12,27H2,(H2,28,31)(H,30,32). The van der Waals surface area contributed by atoms with Gasteiger partial charge in [-0.2, -0.15) is 13.2 Å². The quantitative estimate of drug-likeness (QED) is 0.500. The Morgan fingerprint density at radius 1 is 1.12 bits per heavy atom. The van der Waals surface area contributed by atoms with E-state index in [4.69, 9.17) is 11.5 Å². The van der Waals surface area contributed by atoms with Gasteiger partial charge in [0.05, 0.1) is 29.7 Å². The molecule has 0 aliphatic carbocycles. The van der Waals surface area contributed by atoms with Crippen molar-refractivity contribution in [1.29, 1.82) is 0 Å². The normalized spacial score (nSPS) is 14.8. The first-order valence-electron chi connectivity index (χ1n) is 10.8. The van der Waals surface area contributed by atoms with Crippen LogP contribution in [0.4, 0.5) is 30.5 Å². The van der Waals surface area contributed by atoms with E-state index in [-0.39, 0.29) is 34.5 Å². The molecule has 0 spiro atoms. The van der Waals surface area contributed by atoms with Crippen LogP contribution in [0, 0.1) is 0 Å². The second-order valence-corrected chi connectivity index (χ2v) is 8.09. The Balaban J connectivity index is 1.62. The highest BCUT2D eigenvalue weighted by molar-refractivity contribution is 5.82. The van der Waals surface area contributed by atoms with E-state index in [1.165, 1.54) is 24.5 Å². The van der Waals surface area contributed by atoms with Crippen LogP contribution in [0.1, 0.15) is 24.1 Å². The van der Waals surface area contributed by atoms with E-state index < -0.39 is 12.6 Å². The van der Waals surface area contributed by atoms with Crippen molar-refractivity contribution >= 4 is 23.0 Å². The van der Waals surface area contributed by atoms with Crippen LogP contribution in [0.2, 0.25) is 0 Å². The first kappa shape index (κ1) is 23.4. The molecule has 0 amide bonds. The van der Waals surface area contributed by atoms with Gasteiger partial charge in [-0.05, 0) is 36.6 Å². The second kappa shape index (κ2) is 9.64. The molecule has 0 unspecified atom stereocenters. The molecule has 1 saturated heterocycles. The molecule has 4 rings (SSSR count). The predicted octanol–water partition coefficient (Wildman–Crippen LogP) is 3.63. The molecular formula is C23H25F3N8. The third kappa shape index (κ3) is 5.42. The van der Waals surface area contributed by atoms with Gasteiger partial charge < -0.3 is 21.7 Å². The van der Waals surface area contributed by atoms with Crippen molar-refractivity contribution in [3.63, 3.8) is 0 Å². The molecule has 1 fully saturated rings. The maximum absolute atomic E-state index is 13.0. The van der Waals surface area contributed by atoms with Gasteiger partial charge in [-0.25, -0.2) is 15.0 Å². The minimum Gasteiger partial charge on any atom is -0.382 e. The fourth-order valence-corrected chi connectivity index (χ4v) is 3.85. The van der Waals surface area contributed by atoms with Crippen molar-refractivity contribution in [3.8, 4) is 11.4 Å². The van der Waals surface area contributed by atoms with Gasteiger partial charge >= 0.3 is 6.18 Å². The Kier molecular flexibility index (Phi) is 6.64. The van der Waals surface area contributed by atoms with Crippen molar-refractivity contribution in [2.75, 3.05) is 29.0 Å². The maximum Gasteiger partial charge on any atom is 0.393 e. The van der Waals surface area contributed by atoms with E-state index in [0.717, 1.165) is 31.6 Å². The van der Waals surface area contributed by atoms with Gasteiger partial charge in [0.25, 0.3) is 0 Å². The number of nitrogens with one attached hydrogen (secondary N) is 1. The molecule has 3 aromatic heterocycles. The van der Waals surface area contributed by atoms with Gasteiger partial charge in [0.2, 0.25) is 0 Å². The molecule has 1 aliphatic heterocycles. The average Bonchev–Trinajstić information content (AvgIpc) is 2.80. The summed E-state index contributed by atoms with van der Waals surface area (Å²) in [4.78, 5) is 19.3. The van der Waals surface area contributed by atoms with Gasteiger partial charge in [-0.1, -0.05) is 12.6 Å². The number of nitrogens with two attached hydrogens (primary N) is 2. The van der Waals surface area contributed by atoms with Crippen molar-refractivity contribution in [2.45, 2.75) is 31.5 Å². The molecule has 0 radical (unpaired) electrons. The Labute approximate surface area is 194 Å². The van der Waals surface area contributed by atoms with Crippen LogP contribution in [0.25, 0.3) is 17.1 Å². The predicted molar refractivity (Wildman–Crippen MR) is 126 cm³/mol. The highest BCUT2D eigenvalue weighted by Gasteiger charge is 2.30. The lowest BCUT2D eigenvalue weighted by Gasteiger charge is -2.33. The summed E-state index contributed by atoms with van der Waals surface area (Å²) in [5.74, 6) is 0.640. The van der Waals surface area contributed by atoms with E-state index >= 15 is 0 Å². The van der Waals surface area contributed by atoms with E-state index in [9.17, 15) is 13.2 Å². The first-order valence-corrected chi connectivity index (χ1v) is 10.8. The topological polar surface area (TPSA) is 119 Å². The van der Waals surface area contributed by atoms with Crippen LogP contribution in [-0.2, 0) is 6.42 Å². The molecule has 0 aromatic carbocycles. The van der Waals surface area contributed by atoms with Crippen LogP contribution in [-0.4, -0.2) is 45.2 Å². The number of anilines is 3. The SMILES string of the molecule is C=C(Nc1ncccc1N1CCC(N)CC1)c1nc(-c2ncccc2CC(F)(F)F)cnc1N. The molecule has 178 valence electrons. The minimum atomic E-state index is -4.39. The number of alkyl halides is 3. The maximum atomic E-state index is 13.0. The molecule has 8 nitrogen and oxygen atoms in total. The Hall–Kier alpha value is -3.73. The third-order valence-corrected chi connectivity index (χ3v) is 5.55. The Morgan fingerprint density at radius 3 is 2.56 bits per heavy atom. The number of aromatic nitrogens is 4. The summed E-state index contributed by atoms with van der Waals surface area (Å²) in [6.07, 6.45) is 0.591. The lowest BCUT2D eigenvalue weighted by Crippen LogP contribution is -2.40. The summed E-state index contributed by atoms with van der Waals surface area (Å²) >= 11 is 0. The number of rotatable bonds is 6. The smallest absolute Gasteiger partial charge is 0.382 e. The lowest BCUT2D eigenvalue weighted by molar-refractivity contribution is -0.127. The van der Waals surface area contributed by atoms with Crippen molar-refractivity contribution in [3.05, 3.63) is 60.7 Å². The summed E-state index contributed by atoms with van der Waals surface area (Å²) in [6, 6.07) is 6.79. The number of nitrogen functional groups attached to an aromatic ring is 1. The molecule has 0 bridgehead atoms. The number of pyridine rings is 2. The number of halogens is 3. The van der Waals surface area contributed by atoms with Gasteiger partial charge in [0.1, 0.15) is 11.4 Å². The molecule has 34 heavy (non-hydrogen) atoms. The molecule has 3 aromatic rings. The zero-order valence-electron chi connectivity index (χ0n) is 18.4. The van der Waals surface area contributed by atoms with Crippen LogP contribution in [0.3, 0.4) is 0 Å². The highest BCUT2D eigenvalue weighted by Crippen LogP contribution is 2.31. The molecular weight excluding hydrogens is 445 g/mol. The first-order chi connectivity index (χ1) is 16.2. The zero-order valence-corrected chi connectivity index (χ0v) is 18.4. The number of piperidine rings is 1. The summed E-state index contributed by atoms with van der Waals surface area (Å²) in [5, 5.41) is 3.15. The fraction of sp³-hybridized carbons (Fsp3) is 0.304. The Morgan fingerprint density at radius 2 is 1.82 bits per heavy atom.